The van der Waals surface area contributed by atoms with Crippen LogP contribution in [0.15, 0.2) is 36.7 Å². The van der Waals surface area contributed by atoms with Crippen molar-refractivity contribution >= 4 is 23.4 Å². The highest BCUT2D eigenvalue weighted by atomic mass is 16.5. The second-order valence-corrected chi connectivity index (χ2v) is 6.68. The third kappa shape index (κ3) is 4.81. The maximum atomic E-state index is 12.5. The van der Waals surface area contributed by atoms with Gasteiger partial charge >= 0.3 is 5.97 Å². The Morgan fingerprint density at radius 3 is 2.44 bits per heavy atom. The highest BCUT2D eigenvalue weighted by Gasteiger charge is 2.22. The Labute approximate surface area is 158 Å². The minimum absolute atomic E-state index is 0.0697. The number of piperidine rings is 1. The Morgan fingerprint density at radius 2 is 1.85 bits per heavy atom. The quantitative estimate of drug-likeness (QED) is 0.816. The lowest BCUT2D eigenvalue weighted by atomic mass is 9.99. The topological polar surface area (TPSA) is 84.4 Å². The van der Waals surface area contributed by atoms with Gasteiger partial charge in [0.15, 0.2) is 0 Å². The molecule has 0 saturated carbocycles. The van der Waals surface area contributed by atoms with Crippen LogP contribution in [0.5, 0.6) is 0 Å². The number of nitrogens with zero attached hydrogens (tertiary/aromatic N) is 3. The van der Waals surface area contributed by atoms with Crippen molar-refractivity contribution in [3.05, 3.63) is 47.9 Å². The van der Waals surface area contributed by atoms with E-state index in [1.807, 2.05) is 4.90 Å². The van der Waals surface area contributed by atoms with E-state index in [2.05, 4.69) is 22.2 Å². The van der Waals surface area contributed by atoms with E-state index < -0.39 is 0 Å². The minimum atomic E-state index is -0.348. The molecule has 0 aliphatic carbocycles. The van der Waals surface area contributed by atoms with Crippen LogP contribution in [-0.2, 0) is 4.74 Å². The zero-order chi connectivity index (χ0) is 19.2. The summed E-state index contributed by atoms with van der Waals surface area (Å²) < 4.78 is 4.96. The smallest absolute Gasteiger partial charge is 0.338 e. The fraction of sp³-hybridized carbons (Fsp3) is 0.400. The summed E-state index contributed by atoms with van der Waals surface area (Å²) in [4.78, 5) is 34.5. The largest absolute Gasteiger partial charge is 0.462 e. The lowest BCUT2D eigenvalue weighted by molar-refractivity contribution is 0.0526. The second-order valence-electron chi connectivity index (χ2n) is 6.68. The van der Waals surface area contributed by atoms with Gasteiger partial charge in [-0.05, 0) is 49.9 Å². The van der Waals surface area contributed by atoms with Gasteiger partial charge in [0.25, 0.3) is 5.91 Å². The molecule has 1 N–H and O–H groups in total. The van der Waals surface area contributed by atoms with Crippen LogP contribution in [0.4, 0.5) is 11.5 Å². The number of esters is 1. The van der Waals surface area contributed by atoms with Crippen LogP contribution in [0, 0.1) is 5.92 Å². The molecular formula is C20H24N4O3. The summed E-state index contributed by atoms with van der Waals surface area (Å²) in [5.74, 6) is 0.781. The first-order chi connectivity index (χ1) is 13.1. The van der Waals surface area contributed by atoms with Crippen molar-refractivity contribution in [1.82, 2.24) is 14.9 Å². The van der Waals surface area contributed by atoms with Crippen LogP contribution in [0.25, 0.3) is 0 Å². The van der Waals surface area contributed by atoms with E-state index in [-0.39, 0.29) is 11.9 Å². The summed E-state index contributed by atoms with van der Waals surface area (Å²) >= 11 is 0. The van der Waals surface area contributed by atoms with E-state index >= 15 is 0 Å². The summed E-state index contributed by atoms with van der Waals surface area (Å²) in [5.41, 5.74) is 1.61. The molecule has 1 fully saturated rings. The van der Waals surface area contributed by atoms with Gasteiger partial charge in [-0.25, -0.2) is 14.8 Å². The lowest BCUT2D eigenvalue weighted by Crippen LogP contribution is -2.38. The number of carbonyl (C=O) groups is 2. The number of benzene rings is 1. The SMILES string of the molecule is CCOC(=O)c1ccc(Nc2cnc(C(=O)N3CCC(C)CC3)cn2)cc1. The Bertz CT molecular complexity index is 782. The molecule has 0 atom stereocenters. The van der Waals surface area contributed by atoms with Crippen molar-refractivity contribution in [2.75, 3.05) is 25.0 Å². The number of ether oxygens (including phenoxy) is 1. The maximum absolute atomic E-state index is 12.5. The van der Waals surface area contributed by atoms with E-state index in [0.29, 0.717) is 29.6 Å². The molecule has 2 aromatic rings. The van der Waals surface area contributed by atoms with Gasteiger partial charge in [-0.1, -0.05) is 6.92 Å². The van der Waals surface area contributed by atoms with Crippen LogP contribution < -0.4 is 5.32 Å². The second kappa shape index (κ2) is 8.62. The molecule has 3 rings (SSSR count). The number of likely N-dealkylation sites (tertiary alicyclic amines) is 1. The summed E-state index contributed by atoms with van der Waals surface area (Å²) in [6.45, 7) is 5.87. The van der Waals surface area contributed by atoms with E-state index in [4.69, 9.17) is 4.74 Å². The number of nitrogens with one attached hydrogen (secondary N) is 1. The van der Waals surface area contributed by atoms with Crippen molar-refractivity contribution in [1.29, 1.82) is 0 Å². The molecule has 142 valence electrons. The van der Waals surface area contributed by atoms with Gasteiger partial charge < -0.3 is 15.0 Å². The Balaban J connectivity index is 1.60. The van der Waals surface area contributed by atoms with Gasteiger partial charge in [0, 0.05) is 18.8 Å². The molecule has 1 amide bonds. The average Bonchev–Trinajstić information content (AvgIpc) is 2.69. The number of amides is 1. The third-order valence-electron chi connectivity index (χ3n) is 4.61. The number of carbonyl (C=O) groups excluding carboxylic acids is 2. The molecule has 0 unspecified atom stereocenters. The fourth-order valence-electron chi connectivity index (χ4n) is 2.93. The molecule has 1 aliphatic rings. The Morgan fingerprint density at radius 1 is 1.15 bits per heavy atom. The van der Waals surface area contributed by atoms with E-state index in [0.717, 1.165) is 31.6 Å². The highest BCUT2D eigenvalue weighted by molar-refractivity contribution is 5.92. The van der Waals surface area contributed by atoms with Gasteiger partial charge in [0.2, 0.25) is 0 Å². The van der Waals surface area contributed by atoms with Crippen molar-refractivity contribution in [3.63, 3.8) is 0 Å². The number of anilines is 2. The molecular weight excluding hydrogens is 344 g/mol. The van der Waals surface area contributed by atoms with Crippen LogP contribution in [0.2, 0.25) is 0 Å². The number of hydrogen-bond donors (Lipinski definition) is 1. The normalized spacial score (nSPS) is 14.7. The molecule has 7 nitrogen and oxygen atoms in total. The maximum Gasteiger partial charge on any atom is 0.338 e. The van der Waals surface area contributed by atoms with Crippen molar-refractivity contribution < 1.29 is 14.3 Å². The zero-order valence-corrected chi connectivity index (χ0v) is 15.6. The zero-order valence-electron chi connectivity index (χ0n) is 15.6. The molecule has 1 aliphatic heterocycles. The van der Waals surface area contributed by atoms with E-state index in [9.17, 15) is 9.59 Å². The molecule has 7 heteroatoms. The number of aromatic nitrogens is 2. The fourth-order valence-corrected chi connectivity index (χ4v) is 2.93. The van der Waals surface area contributed by atoms with Crippen molar-refractivity contribution in [2.45, 2.75) is 26.7 Å². The lowest BCUT2D eigenvalue weighted by Gasteiger charge is -2.29. The third-order valence-corrected chi connectivity index (χ3v) is 4.61. The molecule has 1 saturated heterocycles. The molecule has 0 radical (unpaired) electrons. The Hall–Kier alpha value is -2.96. The summed E-state index contributed by atoms with van der Waals surface area (Å²) in [7, 11) is 0. The molecule has 2 heterocycles. The predicted octanol–water partition coefficient (Wildman–Crippen LogP) is 3.27. The van der Waals surface area contributed by atoms with Crippen LogP contribution >= 0.6 is 0 Å². The van der Waals surface area contributed by atoms with Crippen molar-refractivity contribution in [2.24, 2.45) is 5.92 Å². The van der Waals surface area contributed by atoms with E-state index in [1.54, 1.807) is 37.4 Å². The molecule has 1 aromatic heterocycles. The van der Waals surface area contributed by atoms with Gasteiger partial charge in [-0.15, -0.1) is 0 Å². The molecule has 0 bridgehead atoms. The first kappa shape index (κ1) is 18.8. The first-order valence-electron chi connectivity index (χ1n) is 9.22. The average molecular weight is 368 g/mol. The molecule has 27 heavy (non-hydrogen) atoms. The number of hydrogen-bond acceptors (Lipinski definition) is 6. The summed E-state index contributed by atoms with van der Waals surface area (Å²) in [6, 6.07) is 6.90. The van der Waals surface area contributed by atoms with Crippen LogP contribution in [-0.4, -0.2) is 46.4 Å². The standard InChI is InChI=1S/C20H24N4O3/c1-3-27-20(26)15-4-6-16(7-5-15)23-18-13-21-17(12-22-18)19(25)24-10-8-14(2)9-11-24/h4-7,12-14H,3,8-11H2,1-2H3,(H,22,23). The summed E-state index contributed by atoms with van der Waals surface area (Å²) in [5, 5.41) is 3.10. The van der Waals surface area contributed by atoms with Crippen LogP contribution in [0.3, 0.4) is 0 Å². The van der Waals surface area contributed by atoms with Gasteiger partial charge in [-0.2, -0.15) is 0 Å². The van der Waals surface area contributed by atoms with Gasteiger partial charge in [-0.3, -0.25) is 4.79 Å². The monoisotopic (exact) mass is 368 g/mol. The summed E-state index contributed by atoms with van der Waals surface area (Å²) in [6.07, 6.45) is 5.09. The van der Waals surface area contributed by atoms with Gasteiger partial charge in [0.05, 0.1) is 24.6 Å². The Kier molecular flexibility index (Phi) is 6.01. The minimum Gasteiger partial charge on any atom is -0.462 e. The highest BCUT2D eigenvalue weighted by Crippen LogP contribution is 2.19. The predicted molar refractivity (Wildman–Crippen MR) is 102 cm³/mol. The van der Waals surface area contributed by atoms with Crippen LogP contribution in [0.1, 0.15) is 47.5 Å². The van der Waals surface area contributed by atoms with E-state index in [1.165, 1.54) is 6.20 Å². The van der Waals surface area contributed by atoms with Crippen molar-refractivity contribution in [3.8, 4) is 0 Å². The molecule has 1 aromatic carbocycles. The van der Waals surface area contributed by atoms with Gasteiger partial charge in [0.1, 0.15) is 11.5 Å². The number of rotatable bonds is 5. The molecule has 0 spiro atoms. The first-order valence-corrected chi connectivity index (χ1v) is 9.22.